The summed E-state index contributed by atoms with van der Waals surface area (Å²) in [5.41, 5.74) is 1.13. The lowest BCUT2D eigenvalue weighted by Gasteiger charge is -2.23. The van der Waals surface area contributed by atoms with E-state index in [0.717, 1.165) is 5.56 Å². The molecule has 1 aromatic carbocycles. The number of carbonyl (C=O) groups excluding carboxylic acids is 1. The van der Waals surface area contributed by atoms with Crippen molar-refractivity contribution in [3.8, 4) is 0 Å². The van der Waals surface area contributed by atoms with E-state index >= 15 is 0 Å². The molecule has 0 N–H and O–H groups in total. The van der Waals surface area contributed by atoms with E-state index in [0.29, 0.717) is 13.3 Å². The minimum atomic E-state index is -0.166. The zero-order chi connectivity index (χ0) is 11.5. The second kappa shape index (κ2) is 4.97. The Morgan fingerprint density at radius 1 is 1.50 bits per heavy atom. The van der Waals surface area contributed by atoms with Gasteiger partial charge < -0.3 is 9.64 Å². The molecule has 1 aromatic rings. The maximum atomic E-state index is 11.9. The van der Waals surface area contributed by atoms with Gasteiger partial charge in [0.15, 0.2) is 0 Å². The van der Waals surface area contributed by atoms with Crippen molar-refractivity contribution < 1.29 is 9.53 Å². The monoisotopic (exact) mass is 283 g/mol. The van der Waals surface area contributed by atoms with Crippen molar-refractivity contribution >= 4 is 21.8 Å². The van der Waals surface area contributed by atoms with Crippen LogP contribution in [0.1, 0.15) is 18.5 Å². The maximum absolute atomic E-state index is 11.9. The highest BCUT2D eigenvalue weighted by molar-refractivity contribution is 9.10. The van der Waals surface area contributed by atoms with Gasteiger partial charge in [-0.2, -0.15) is 0 Å². The van der Waals surface area contributed by atoms with Crippen LogP contribution in [0.4, 0.5) is 0 Å². The summed E-state index contributed by atoms with van der Waals surface area (Å²) < 4.78 is 5.38. The zero-order valence-electron chi connectivity index (χ0n) is 9.10. The minimum Gasteiger partial charge on any atom is -0.359 e. The molecule has 0 aliphatic carbocycles. The highest BCUT2D eigenvalue weighted by atomic mass is 79.9. The van der Waals surface area contributed by atoms with Crippen molar-refractivity contribution in [1.82, 2.24) is 4.90 Å². The minimum absolute atomic E-state index is 0.0497. The fourth-order valence-corrected chi connectivity index (χ4v) is 2.10. The summed E-state index contributed by atoms with van der Waals surface area (Å²) in [6, 6.07) is 10.0. The Bertz CT molecular complexity index is 367. The van der Waals surface area contributed by atoms with E-state index in [1.807, 2.05) is 37.3 Å². The number of carbonyl (C=O) groups is 1. The molecule has 1 saturated heterocycles. The van der Waals surface area contributed by atoms with Gasteiger partial charge in [-0.1, -0.05) is 46.3 Å². The Hall–Kier alpha value is -0.870. The van der Waals surface area contributed by atoms with Gasteiger partial charge in [0.05, 0.1) is 17.5 Å². The topological polar surface area (TPSA) is 29.5 Å². The van der Waals surface area contributed by atoms with Crippen LogP contribution >= 0.6 is 15.9 Å². The Morgan fingerprint density at radius 2 is 2.19 bits per heavy atom. The number of rotatable bonds is 2. The molecule has 1 heterocycles. The fraction of sp³-hybridized carbons (Fsp3) is 0.417. The first-order valence-electron chi connectivity index (χ1n) is 5.27. The normalized spacial score (nSPS) is 22.1. The van der Waals surface area contributed by atoms with Crippen molar-refractivity contribution in [2.24, 2.45) is 0 Å². The summed E-state index contributed by atoms with van der Waals surface area (Å²) in [4.78, 5) is 13.5. The predicted octanol–water partition coefficient (Wildman–Crippen LogP) is 2.33. The molecule has 4 heteroatoms. The van der Waals surface area contributed by atoms with Crippen LogP contribution in [0, 0.1) is 0 Å². The molecule has 2 atom stereocenters. The van der Waals surface area contributed by atoms with Gasteiger partial charge in [0.25, 0.3) is 0 Å². The van der Waals surface area contributed by atoms with Crippen molar-refractivity contribution in [3.05, 3.63) is 35.9 Å². The van der Waals surface area contributed by atoms with E-state index < -0.39 is 0 Å². The van der Waals surface area contributed by atoms with E-state index in [1.165, 1.54) is 0 Å². The first-order valence-corrected chi connectivity index (χ1v) is 6.19. The molecule has 1 aliphatic rings. The highest BCUT2D eigenvalue weighted by Crippen LogP contribution is 2.27. The Balaban J connectivity index is 2.19. The van der Waals surface area contributed by atoms with E-state index in [1.54, 1.807) is 4.90 Å². The largest absolute Gasteiger partial charge is 0.359 e. The molecule has 1 amide bonds. The summed E-state index contributed by atoms with van der Waals surface area (Å²) in [5.74, 6) is 0.0753. The molecule has 0 radical (unpaired) electrons. The summed E-state index contributed by atoms with van der Waals surface area (Å²) in [5, 5.41) is 0. The zero-order valence-corrected chi connectivity index (χ0v) is 10.7. The van der Waals surface area contributed by atoms with Crippen LogP contribution < -0.4 is 0 Å². The van der Waals surface area contributed by atoms with Gasteiger partial charge in [0.1, 0.15) is 6.73 Å². The number of hydrogen-bond acceptors (Lipinski definition) is 2. The lowest BCUT2D eigenvalue weighted by atomic mass is 10.1. The van der Waals surface area contributed by atoms with Crippen molar-refractivity contribution in [3.63, 3.8) is 0 Å². The van der Waals surface area contributed by atoms with Crippen LogP contribution in [0.25, 0.3) is 0 Å². The first kappa shape index (κ1) is 11.6. The van der Waals surface area contributed by atoms with E-state index in [-0.39, 0.29) is 16.8 Å². The SMILES string of the molecule is CC(Br)C(=O)N1COC[C@H]1c1ccccc1. The fourth-order valence-electron chi connectivity index (χ4n) is 1.84. The molecule has 0 saturated carbocycles. The number of amides is 1. The number of halogens is 1. The summed E-state index contributed by atoms with van der Waals surface area (Å²) >= 11 is 3.30. The average Bonchev–Trinajstić information content (AvgIpc) is 2.77. The molecule has 0 bridgehead atoms. The van der Waals surface area contributed by atoms with Crippen LogP contribution in [-0.4, -0.2) is 29.0 Å². The molecule has 1 aliphatic heterocycles. The third-order valence-corrected chi connectivity index (χ3v) is 3.08. The van der Waals surface area contributed by atoms with E-state index in [2.05, 4.69) is 15.9 Å². The lowest BCUT2D eigenvalue weighted by Crippen LogP contribution is -2.35. The molecule has 86 valence electrons. The van der Waals surface area contributed by atoms with E-state index in [4.69, 9.17) is 4.74 Å². The molecule has 1 unspecified atom stereocenters. The summed E-state index contributed by atoms with van der Waals surface area (Å²) in [7, 11) is 0. The second-order valence-electron chi connectivity index (χ2n) is 3.85. The Kier molecular flexibility index (Phi) is 3.61. The number of nitrogens with zero attached hydrogens (tertiary/aromatic N) is 1. The van der Waals surface area contributed by atoms with Gasteiger partial charge in [-0.15, -0.1) is 0 Å². The smallest absolute Gasteiger partial charge is 0.238 e. The molecular weight excluding hydrogens is 270 g/mol. The van der Waals surface area contributed by atoms with Crippen molar-refractivity contribution in [2.75, 3.05) is 13.3 Å². The number of hydrogen-bond donors (Lipinski definition) is 0. The Labute approximate surface area is 104 Å². The molecule has 3 nitrogen and oxygen atoms in total. The van der Waals surface area contributed by atoms with Gasteiger partial charge in [-0.3, -0.25) is 4.79 Å². The molecular formula is C12H14BrNO2. The van der Waals surface area contributed by atoms with Crippen LogP contribution in [0.5, 0.6) is 0 Å². The van der Waals surface area contributed by atoms with Gasteiger partial charge in [0.2, 0.25) is 5.91 Å². The third kappa shape index (κ3) is 2.28. The van der Waals surface area contributed by atoms with Crippen LogP contribution in [-0.2, 0) is 9.53 Å². The third-order valence-electron chi connectivity index (χ3n) is 2.69. The van der Waals surface area contributed by atoms with Gasteiger partial charge in [-0.05, 0) is 12.5 Å². The lowest BCUT2D eigenvalue weighted by molar-refractivity contribution is -0.132. The average molecular weight is 284 g/mol. The summed E-state index contributed by atoms with van der Waals surface area (Å²) in [6.45, 7) is 2.80. The number of benzene rings is 1. The van der Waals surface area contributed by atoms with E-state index in [9.17, 15) is 4.79 Å². The molecule has 0 aromatic heterocycles. The standard InChI is InChI=1S/C12H14BrNO2/c1-9(13)12(15)14-8-16-7-11(14)10-5-3-2-4-6-10/h2-6,9,11H,7-8H2,1H3/t9?,11-/m0/s1. The van der Waals surface area contributed by atoms with Gasteiger partial charge >= 0.3 is 0 Å². The first-order chi connectivity index (χ1) is 7.70. The van der Waals surface area contributed by atoms with Crippen molar-refractivity contribution in [2.45, 2.75) is 17.8 Å². The van der Waals surface area contributed by atoms with Crippen LogP contribution in [0.2, 0.25) is 0 Å². The van der Waals surface area contributed by atoms with Gasteiger partial charge in [-0.25, -0.2) is 0 Å². The molecule has 2 rings (SSSR count). The van der Waals surface area contributed by atoms with Gasteiger partial charge in [0, 0.05) is 0 Å². The molecule has 1 fully saturated rings. The van der Waals surface area contributed by atoms with Crippen LogP contribution in [0.15, 0.2) is 30.3 Å². The highest BCUT2D eigenvalue weighted by Gasteiger charge is 2.32. The Morgan fingerprint density at radius 3 is 2.81 bits per heavy atom. The number of alkyl halides is 1. The summed E-state index contributed by atoms with van der Waals surface area (Å²) in [6.07, 6.45) is 0. The molecule has 0 spiro atoms. The quantitative estimate of drug-likeness (QED) is 0.780. The van der Waals surface area contributed by atoms with Crippen LogP contribution in [0.3, 0.4) is 0 Å². The second-order valence-corrected chi connectivity index (χ2v) is 5.22. The molecule has 16 heavy (non-hydrogen) atoms. The van der Waals surface area contributed by atoms with Crippen molar-refractivity contribution in [1.29, 1.82) is 0 Å². The number of ether oxygens (including phenoxy) is 1. The maximum Gasteiger partial charge on any atom is 0.238 e. The predicted molar refractivity (Wildman–Crippen MR) is 65.2 cm³/mol.